The van der Waals surface area contributed by atoms with E-state index in [1.54, 1.807) is 12.1 Å². The van der Waals surface area contributed by atoms with Crippen molar-refractivity contribution in [2.75, 3.05) is 0 Å². The first-order valence-electron chi connectivity index (χ1n) is 8.59. The summed E-state index contributed by atoms with van der Waals surface area (Å²) < 4.78 is 6.60. The summed E-state index contributed by atoms with van der Waals surface area (Å²) in [5, 5.41) is 9.17. The van der Waals surface area contributed by atoms with Gasteiger partial charge in [0.05, 0.1) is 5.25 Å². The third kappa shape index (κ3) is 4.29. The summed E-state index contributed by atoms with van der Waals surface area (Å²) in [5.41, 5.74) is 1.05. The van der Waals surface area contributed by atoms with E-state index < -0.39 is 8.32 Å². The van der Waals surface area contributed by atoms with Crippen molar-refractivity contribution in [3.63, 3.8) is 0 Å². The molecule has 0 aliphatic carbocycles. The highest BCUT2D eigenvalue weighted by atomic mass is 32.2. The largest absolute Gasteiger partial charge is 0.532 e. The van der Waals surface area contributed by atoms with Crippen LogP contribution >= 0.6 is 11.8 Å². The van der Waals surface area contributed by atoms with Gasteiger partial charge in [-0.05, 0) is 52.5 Å². The predicted octanol–water partition coefficient (Wildman–Crippen LogP) is 5.76. The number of carbonyl (C=O) groups is 1. The number of amides is 1. The van der Waals surface area contributed by atoms with E-state index >= 15 is 0 Å². The molecule has 1 N–H and O–H groups in total. The maximum absolute atomic E-state index is 12.0. The minimum absolute atomic E-state index is 0.00710. The van der Waals surface area contributed by atoms with Gasteiger partial charge in [-0.3, -0.25) is 4.79 Å². The second kappa shape index (κ2) is 6.80. The van der Waals surface area contributed by atoms with E-state index in [9.17, 15) is 9.90 Å². The van der Waals surface area contributed by atoms with E-state index in [1.807, 2.05) is 12.1 Å². The zero-order valence-electron chi connectivity index (χ0n) is 16.2. The molecule has 1 heterocycles. The number of benzene rings is 1. The van der Waals surface area contributed by atoms with Crippen LogP contribution in [0.2, 0.25) is 16.6 Å². The molecule has 0 bridgehead atoms. The van der Waals surface area contributed by atoms with Crippen LogP contribution < -0.4 is 0 Å². The molecule has 1 aliphatic rings. The van der Waals surface area contributed by atoms with Gasteiger partial charge >= 0.3 is 5.24 Å². The molecule has 25 heavy (non-hydrogen) atoms. The standard InChI is InChI=1S/C19H29NO3SSi/c1-18(2,3)25(7,19(4,5)6)23-16-15(24-17(22)20-16)12-13-8-10-14(21)11-9-13/h8-11,15,21H,12H2,1-7H3. The lowest BCUT2D eigenvalue weighted by Crippen LogP contribution is -2.54. The molecule has 0 aromatic heterocycles. The summed E-state index contributed by atoms with van der Waals surface area (Å²) in [5.74, 6) is 0.812. The van der Waals surface area contributed by atoms with Gasteiger partial charge in [0.25, 0.3) is 8.32 Å². The summed E-state index contributed by atoms with van der Waals surface area (Å²) in [6.45, 7) is 15.5. The number of carbonyl (C=O) groups excluding carboxylic acids is 1. The van der Waals surface area contributed by atoms with E-state index in [4.69, 9.17) is 4.43 Å². The van der Waals surface area contributed by atoms with Gasteiger partial charge in [0.2, 0.25) is 0 Å². The quantitative estimate of drug-likeness (QED) is 0.678. The number of nitrogens with zero attached hydrogens (tertiary/aromatic N) is 1. The third-order valence-electron chi connectivity index (χ3n) is 5.25. The van der Waals surface area contributed by atoms with Crippen LogP contribution in [0.1, 0.15) is 47.1 Å². The Bertz CT molecular complexity index is 657. The minimum Gasteiger partial charge on any atom is -0.532 e. The van der Waals surface area contributed by atoms with Crippen molar-refractivity contribution in [2.24, 2.45) is 4.99 Å². The fourth-order valence-corrected chi connectivity index (χ4v) is 7.48. The normalized spacial score (nSPS) is 19.1. The van der Waals surface area contributed by atoms with Crippen LogP contribution in [-0.4, -0.2) is 29.8 Å². The number of rotatable bonds is 3. The van der Waals surface area contributed by atoms with Gasteiger partial charge in [-0.25, -0.2) is 0 Å². The molecule has 1 aromatic carbocycles. The van der Waals surface area contributed by atoms with Gasteiger partial charge in [-0.2, -0.15) is 4.99 Å². The van der Waals surface area contributed by atoms with Crippen molar-refractivity contribution in [2.45, 2.75) is 69.8 Å². The zero-order valence-corrected chi connectivity index (χ0v) is 18.0. The molecule has 138 valence electrons. The smallest absolute Gasteiger partial charge is 0.308 e. The molecule has 0 fully saturated rings. The number of hydrogen-bond donors (Lipinski definition) is 1. The first kappa shape index (κ1) is 20.0. The van der Waals surface area contributed by atoms with Crippen molar-refractivity contribution >= 4 is 31.2 Å². The topological polar surface area (TPSA) is 58.9 Å². The molecule has 0 saturated heterocycles. The van der Waals surface area contributed by atoms with Crippen molar-refractivity contribution in [3.8, 4) is 5.75 Å². The van der Waals surface area contributed by atoms with Crippen molar-refractivity contribution < 1.29 is 14.3 Å². The molecular weight excluding hydrogens is 350 g/mol. The molecule has 0 radical (unpaired) electrons. The van der Waals surface area contributed by atoms with Gasteiger partial charge in [-0.1, -0.05) is 53.7 Å². The highest BCUT2D eigenvalue weighted by molar-refractivity contribution is 8.15. The molecule has 1 aliphatic heterocycles. The summed E-state index contributed by atoms with van der Waals surface area (Å²) in [7, 11) is -2.25. The predicted molar refractivity (Wildman–Crippen MR) is 108 cm³/mol. The Morgan fingerprint density at radius 2 is 1.64 bits per heavy atom. The van der Waals surface area contributed by atoms with Crippen LogP contribution in [0.3, 0.4) is 0 Å². The van der Waals surface area contributed by atoms with Crippen LogP contribution in [-0.2, 0) is 10.8 Å². The Morgan fingerprint density at radius 1 is 1.12 bits per heavy atom. The third-order valence-corrected chi connectivity index (χ3v) is 12.5. The monoisotopic (exact) mass is 379 g/mol. The first-order valence-corrected chi connectivity index (χ1v) is 11.9. The molecule has 6 heteroatoms. The van der Waals surface area contributed by atoms with E-state index in [1.165, 1.54) is 11.8 Å². The molecule has 1 aromatic rings. The van der Waals surface area contributed by atoms with Crippen LogP contribution in [0.25, 0.3) is 0 Å². The van der Waals surface area contributed by atoms with Crippen molar-refractivity contribution in [1.29, 1.82) is 0 Å². The van der Waals surface area contributed by atoms with Crippen LogP contribution in [0.5, 0.6) is 5.75 Å². The maximum Gasteiger partial charge on any atom is 0.308 e. The van der Waals surface area contributed by atoms with Crippen molar-refractivity contribution in [1.82, 2.24) is 0 Å². The Labute approximate surface area is 156 Å². The second-order valence-corrected chi connectivity index (χ2v) is 15.3. The molecule has 0 spiro atoms. The van der Waals surface area contributed by atoms with Crippen LogP contribution in [0.15, 0.2) is 29.3 Å². The summed E-state index contributed by atoms with van der Waals surface area (Å²) in [4.78, 5) is 16.2. The highest BCUT2D eigenvalue weighted by Crippen LogP contribution is 2.52. The molecule has 4 nitrogen and oxygen atoms in total. The maximum atomic E-state index is 12.0. The van der Waals surface area contributed by atoms with Gasteiger partial charge in [-0.15, -0.1) is 0 Å². The average molecular weight is 380 g/mol. The number of phenolic OH excluding ortho intramolecular Hbond substituents is 1. The lowest BCUT2D eigenvalue weighted by molar-refractivity contribution is 0.267. The van der Waals surface area contributed by atoms with E-state index in [0.29, 0.717) is 12.3 Å². The molecule has 1 atom stereocenters. The number of hydrogen-bond acceptors (Lipinski definition) is 4. The molecule has 1 unspecified atom stereocenters. The summed E-state index contributed by atoms with van der Waals surface area (Å²) >= 11 is 1.23. The fourth-order valence-electron chi connectivity index (χ4n) is 3.06. The lowest BCUT2D eigenvalue weighted by atomic mass is 10.1. The Hall–Kier alpha value is -1.27. The first-order chi connectivity index (χ1) is 11.3. The molecule has 1 amide bonds. The number of phenols is 1. The molecule has 0 saturated carbocycles. The van der Waals surface area contributed by atoms with Crippen LogP contribution in [0.4, 0.5) is 4.79 Å². The second-order valence-electron chi connectivity index (χ2n) is 8.83. The summed E-state index contributed by atoms with van der Waals surface area (Å²) in [6, 6.07) is 7.08. The number of aliphatic imine (C=N–C) groups is 1. The lowest BCUT2D eigenvalue weighted by Gasteiger charge is -2.48. The molecule has 2 rings (SSSR count). The fraction of sp³-hybridized carbons (Fsp3) is 0.579. The Morgan fingerprint density at radius 3 is 2.12 bits per heavy atom. The van der Waals surface area contributed by atoms with Gasteiger partial charge in [0, 0.05) is 0 Å². The van der Waals surface area contributed by atoms with Gasteiger partial charge in [0.15, 0.2) is 5.90 Å². The number of aromatic hydroxyl groups is 1. The average Bonchev–Trinajstić information content (AvgIpc) is 2.78. The minimum atomic E-state index is -2.25. The van der Waals surface area contributed by atoms with Crippen molar-refractivity contribution in [3.05, 3.63) is 29.8 Å². The van der Waals surface area contributed by atoms with Crippen LogP contribution in [0, 0.1) is 0 Å². The zero-order chi connectivity index (χ0) is 19.0. The highest BCUT2D eigenvalue weighted by Gasteiger charge is 2.54. The van der Waals surface area contributed by atoms with Gasteiger partial charge in [0.1, 0.15) is 5.75 Å². The summed E-state index contributed by atoms with van der Waals surface area (Å²) in [6.07, 6.45) is 0.661. The van der Waals surface area contributed by atoms with E-state index in [-0.39, 0.29) is 26.3 Å². The van der Waals surface area contributed by atoms with E-state index in [2.05, 4.69) is 53.1 Å². The van der Waals surface area contributed by atoms with E-state index in [0.717, 1.165) is 5.56 Å². The SMILES string of the molecule is CC(C)(C)[Si](C)(OC1=NC(=O)SC1Cc1ccc(O)cc1)C(C)(C)C. The van der Waals surface area contributed by atoms with Gasteiger partial charge < -0.3 is 9.53 Å². The number of thioether (sulfide) groups is 1. The molecular formula is C19H29NO3SSi. The Balaban J connectivity index is 2.27. The Kier molecular flexibility index (Phi) is 5.45.